The number of benzene rings is 1. The number of carbonyl (C=O) groups excluding carboxylic acids is 2. The normalized spacial score (nSPS) is 11.4. The summed E-state index contributed by atoms with van der Waals surface area (Å²) in [7, 11) is 2.96. The second kappa shape index (κ2) is 10.4. The van der Waals surface area contributed by atoms with E-state index in [1.54, 1.807) is 36.3 Å². The lowest BCUT2D eigenvalue weighted by atomic mass is 10.0. The van der Waals surface area contributed by atoms with Crippen LogP contribution in [0.1, 0.15) is 31.7 Å². The fourth-order valence-corrected chi connectivity index (χ4v) is 2.33. The van der Waals surface area contributed by atoms with Crippen molar-refractivity contribution in [3.05, 3.63) is 29.8 Å². The van der Waals surface area contributed by atoms with E-state index in [0.29, 0.717) is 25.1 Å². The van der Waals surface area contributed by atoms with Gasteiger partial charge in [-0.25, -0.2) is 0 Å². The largest absolute Gasteiger partial charge is 0.469 e. The summed E-state index contributed by atoms with van der Waals surface area (Å²) in [4.78, 5) is 25.6. The highest BCUT2D eigenvalue weighted by atomic mass is 16.5. The Hall–Kier alpha value is -2.39. The fraction of sp³-hybridized carbons (Fsp3) is 0.500. The highest BCUT2D eigenvalue weighted by Crippen LogP contribution is 2.19. The second-order valence-corrected chi connectivity index (χ2v) is 5.64. The van der Waals surface area contributed by atoms with Gasteiger partial charge in [0.2, 0.25) is 5.91 Å². The van der Waals surface area contributed by atoms with Crippen molar-refractivity contribution in [1.29, 1.82) is 5.26 Å². The number of ether oxygens (including phenoxy) is 2. The Morgan fingerprint density at radius 2 is 1.88 bits per heavy atom. The van der Waals surface area contributed by atoms with Crippen LogP contribution in [0.25, 0.3) is 0 Å². The zero-order valence-corrected chi connectivity index (χ0v) is 14.4. The number of methoxy groups -OCH3 is 2. The van der Waals surface area contributed by atoms with Gasteiger partial charge in [-0.05, 0) is 36.6 Å². The molecule has 0 heterocycles. The molecule has 24 heavy (non-hydrogen) atoms. The molecule has 0 unspecified atom stereocenters. The lowest BCUT2D eigenvalue weighted by Gasteiger charge is -2.24. The molecular weight excluding hydrogens is 308 g/mol. The van der Waals surface area contributed by atoms with Crippen LogP contribution in [0, 0.1) is 17.2 Å². The maximum Gasteiger partial charge on any atom is 0.305 e. The van der Waals surface area contributed by atoms with E-state index >= 15 is 0 Å². The van der Waals surface area contributed by atoms with Crippen molar-refractivity contribution in [2.45, 2.75) is 26.2 Å². The van der Waals surface area contributed by atoms with E-state index in [-0.39, 0.29) is 30.6 Å². The molecule has 1 amide bonds. The van der Waals surface area contributed by atoms with Crippen LogP contribution < -0.4 is 4.90 Å². The van der Waals surface area contributed by atoms with E-state index in [4.69, 9.17) is 10.00 Å². The molecule has 0 aromatic heterocycles. The standard InChI is InChI=1S/C18H24N2O4/c1-14(12-18(22)24-3)11-17(21)20(9-4-10-23-2)16-7-5-15(13-19)6-8-16/h5-8,14H,4,9-12H2,1-3H3/t14-/m0/s1. The molecule has 6 nitrogen and oxygen atoms in total. The molecule has 0 N–H and O–H groups in total. The highest BCUT2D eigenvalue weighted by Gasteiger charge is 2.20. The molecule has 0 aliphatic rings. The fourth-order valence-electron chi connectivity index (χ4n) is 2.33. The number of amides is 1. The van der Waals surface area contributed by atoms with Gasteiger partial charge in [0.25, 0.3) is 0 Å². The van der Waals surface area contributed by atoms with Gasteiger partial charge in [-0.3, -0.25) is 9.59 Å². The van der Waals surface area contributed by atoms with Crippen LogP contribution in [0.4, 0.5) is 5.69 Å². The molecular formula is C18H24N2O4. The Balaban J connectivity index is 2.81. The summed E-state index contributed by atoms with van der Waals surface area (Å²) in [6.45, 7) is 2.92. The third-order valence-corrected chi connectivity index (χ3v) is 3.61. The zero-order valence-electron chi connectivity index (χ0n) is 14.4. The van der Waals surface area contributed by atoms with Crippen LogP contribution in [-0.4, -0.2) is 39.2 Å². The Kier molecular flexibility index (Phi) is 8.52. The molecule has 1 atom stereocenters. The van der Waals surface area contributed by atoms with Gasteiger partial charge >= 0.3 is 5.97 Å². The predicted molar refractivity (Wildman–Crippen MR) is 90.4 cm³/mol. The summed E-state index contributed by atoms with van der Waals surface area (Å²) in [5, 5.41) is 8.89. The summed E-state index contributed by atoms with van der Waals surface area (Å²) >= 11 is 0. The number of nitriles is 1. The Morgan fingerprint density at radius 3 is 2.42 bits per heavy atom. The second-order valence-electron chi connectivity index (χ2n) is 5.64. The summed E-state index contributed by atoms with van der Waals surface area (Å²) in [5.74, 6) is -0.486. The van der Waals surface area contributed by atoms with Crippen molar-refractivity contribution in [2.75, 3.05) is 32.3 Å². The van der Waals surface area contributed by atoms with E-state index in [1.165, 1.54) is 7.11 Å². The first kappa shape index (κ1) is 19.7. The molecule has 1 aromatic rings. The van der Waals surface area contributed by atoms with Gasteiger partial charge in [-0.1, -0.05) is 6.92 Å². The van der Waals surface area contributed by atoms with E-state index in [1.807, 2.05) is 6.92 Å². The number of hydrogen-bond donors (Lipinski definition) is 0. The van der Waals surface area contributed by atoms with Crippen LogP contribution in [0.15, 0.2) is 24.3 Å². The summed E-state index contributed by atoms with van der Waals surface area (Å²) in [5.41, 5.74) is 1.28. The van der Waals surface area contributed by atoms with Crippen LogP contribution in [0.3, 0.4) is 0 Å². The molecule has 1 aromatic carbocycles. The van der Waals surface area contributed by atoms with E-state index < -0.39 is 0 Å². The van der Waals surface area contributed by atoms with Gasteiger partial charge in [0.05, 0.1) is 18.7 Å². The molecule has 0 aliphatic carbocycles. The zero-order chi connectivity index (χ0) is 17.9. The highest BCUT2D eigenvalue weighted by molar-refractivity contribution is 5.93. The molecule has 0 bridgehead atoms. The van der Waals surface area contributed by atoms with Crippen molar-refractivity contribution in [3.8, 4) is 6.07 Å². The van der Waals surface area contributed by atoms with Gasteiger partial charge in [0.1, 0.15) is 0 Å². The monoisotopic (exact) mass is 332 g/mol. The third-order valence-electron chi connectivity index (χ3n) is 3.61. The average Bonchev–Trinajstić information content (AvgIpc) is 2.58. The van der Waals surface area contributed by atoms with Gasteiger partial charge < -0.3 is 14.4 Å². The van der Waals surface area contributed by atoms with Gasteiger partial charge in [0.15, 0.2) is 0 Å². The molecule has 0 radical (unpaired) electrons. The van der Waals surface area contributed by atoms with Crippen LogP contribution in [-0.2, 0) is 19.1 Å². The van der Waals surface area contributed by atoms with Gasteiger partial charge in [0, 0.05) is 38.8 Å². The Morgan fingerprint density at radius 1 is 1.21 bits per heavy atom. The minimum atomic E-state index is -0.320. The first-order valence-corrected chi connectivity index (χ1v) is 7.88. The molecule has 0 spiro atoms. The summed E-state index contributed by atoms with van der Waals surface area (Å²) in [6, 6.07) is 8.95. The SMILES string of the molecule is COCCCN(C(=O)C[C@H](C)CC(=O)OC)c1ccc(C#N)cc1. The van der Waals surface area contributed by atoms with Crippen molar-refractivity contribution >= 4 is 17.6 Å². The van der Waals surface area contributed by atoms with Crippen molar-refractivity contribution in [1.82, 2.24) is 0 Å². The van der Waals surface area contributed by atoms with Crippen molar-refractivity contribution in [3.63, 3.8) is 0 Å². The third kappa shape index (κ3) is 6.39. The Bertz CT molecular complexity index is 578. The van der Waals surface area contributed by atoms with E-state index in [2.05, 4.69) is 10.8 Å². The predicted octanol–water partition coefficient (Wildman–Crippen LogP) is 2.52. The Labute approximate surface area is 143 Å². The minimum Gasteiger partial charge on any atom is -0.469 e. The van der Waals surface area contributed by atoms with Gasteiger partial charge in [-0.2, -0.15) is 5.26 Å². The van der Waals surface area contributed by atoms with Crippen LogP contribution in [0.2, 0.25) is 0 Å². The number of hydrogen-bond acceptors (Lipinski definition) is 5. The molecule has 0 fully saturated rings. The van der Waals surface area contributed by atoms with Gasteiger partial charge in [-0.15, -0.1) is 0 Å². The summed E-state index contributed by atoms with van der Waals surface area (Å²) < 4.78 is 9.69. The van der Waals surface area contributed by atoms with Crippen LogP contribution >= 0.6 is 0 Å². The smallest absolute Gasteiger partial charge is 0.305 e. The number of nitrogens with zero attached hydrogens (tertiary/aromatic N) is 2. The quantitative estimate of drug-likeness (QED) is 0.513. The van der Waals surface area contributed by atoms with E-state index in [9.17, 15) is 9.59 Å². The lowest BCUT2D eigenvalue weighted by molar-refractivity contribution is -0.141. The molecule has 1 rings (SSSR count). The maximum atomic E-state index is 12.6. The van der Waals surface area contributed by atoms with Crippen molar-refractivity contribution in [2.24, 2.45) is 5.92 Å². The topological polar surface area (TPSA) is 79.6 Å². The maximum absolute atomic E-state index is 12.6. The summed E-state index contributed by atoms with van der Waals surface area (Å²) in [6.07, 6.45) is 1.16. The molecule has 0 aliphatic heterocycles. The first-order chi connectivity index (χ1) is 11.5. The minimum absolute atomic E-state index is 0.0628. The average molecular weight is 332 g/mol. The number of esters is 1. The van der Waals surface area contributed by atoms with Crippen molar-refractivity contribution < 1.29 is 19.1 Å². The molecule has 0 saturated carbocycles. The van der Waals surface area contributed by atoms with Crippen LogP contribution in [0.5, 0.6) is 0 Å². The molecule has 130 valence electrons. The first-order valence-electron chi connectivity index (χ1n) is 7.88. The van der Waals surface area contributed by atoms with E-state index in [0.717, 1.165) is 5.69 Å². The number of anilines is 1. The molecule has 0 saturated heterocycles. The number of rotatable bonds is 9. The molecule has 6 heteroatoms. The number of carbonyl (C=O) groups is 2. The lowest BCUT2D eigenvalue weighted by Crippen LogP contribution is -2.33.